The van der Waals surface area contributed by atoms with Crippen molar-refractivity contribution in [1.82, 2.24) is 24.9 Å². The molecular weight excluding hydrogens is 341 g/mol. The van der Waals surface area contributed by atoms with Crippen molar-refractivity contribution in [3.63, 3.8) is 0 Å². The van der Waals surface area contributed by atoms with Crippen LogP contribution in [0.5, 0.6) is 0 Å². The van der Waals surface area contributed by atoms with E-state index in [-0.39, 0.29) is 5.82 Å². The minimum Gasteiger partial charge on any atom is -0.306 e. The van der Waals surface area contributed by atoms with Crippen molar-refractivity contribution in [3.8, 4) is 11.3 Å². The zero-order valence-electron chi connectivity index (χ0n) is 16.2. The number of piperazine rings is 1. The lowest BCUT2D eigenvalue weighted by atomic mass is 9.96. The van der Waals surface area contributed by atoms with Crippen LogP contribution in [-0.2, 0) is 6.54 Å². The first kappa shape index (κ1) is 18.6. The zero-order valence-corrected chi connectivity index (χ0v) is 16.2. The van der Waals surface area contributed by atoms with Gasteiger partial charge in [-0.25, -0.2) is 4.39 Å². The first-order chi connectivity index (χ1) is 13.2. The fourth-order valence-corrected chi connectivity index (χ4v) is 4.31. The van der Waals surface area contributed by atoms with Gasteiger partial charge in [-0.1, -0.05) is 12.1 Å². The highest BCUT2D eigenvalue weighted by Gasteiger charge is 2.23. The summed E-state index contributed by atoms with van der Waals surface area (Å²) in [6.45, 7) is 9.05. The summed E-state index contributed by atoms with van der Waals surface area (Å²) in [5.41, 5.74) is 2.94. The summed E-state index contributed by atoms with van der Waals surface area (Å²) in [6, 6.07) is 6.72. The highest BCUT2D eigenvalue weighted by Crippen LogP contribution is 2.24. The van der Waals surface area contributed by atoms with Crippen molar-refractivity contribution in [2.24, 2.45) is 5.92 Å². The van der Waals surface area contributed by atoms with Gasteiger partial charge in [-0.2, -0.15) is 5.10 Å². The van der Waals surface area contributed by atoms with Crippen LogP contribution in [0, 0.1) is 11.7 Å². The molecule has 0 aliphatic carbocycles. The van der Waals surface area contributed by atoms with Crippen LogP contribution in [0.1, 0.15) is 18.4 Å². The first-order valence-electron chi connectivity index (χ1n) is 10.1. The van der Waals surface area contributed by atoms with E-state index in [1.165, 1.54) is 38.5 Å². The number of likely N-dealkylation sites (tertiary alicyclic amines) is 1. The fourth-order valence-electron chi connectivity index (χ4n) is 4.31. The van der Waals surface area contributed by atoms with E-state index < -0.39 is 0 Å². The third kappa shape index (κ3) is 4.75. The summed E-state index contributed by atoms with van der Waals surface area (Å²) in [4.78, 5) is 7.56. The van der Waals surface area contributed by atoms with Gasteiger partial charge in [-0.05, 0) is 51.0 Å². The van der Waals surface area contributed by atoms with Crippen LogP contribution in [-0.4, -0.2) is 77.8 Å². The van der Waals surface area contributed by atoms with Crippen LogP contribution < -0.4 is 0 Å². The van der Waals surface area contributed by atoms with Crippen LogP contribution in [0.2, 0.25) is 0 Å². The molecule has 0 amide bonds. The molecule has 1 N–H and O–H groups in total. The predicted molar refractivity (Wildman–Crippen MR) is 106 cm³/mol. The number of halogens is 1. The van der Waals surface area contributed by atoms with Crippen LogP contribution in [0.25, 0.3) is 11.3 Å². The van der Waals surface area contributed by atoms with Crippen molar-refractivity contribution in [2.75, 3.05) is 52.9 Å². The van der Waals surface area contributed by atoms with Crippen molar-refractivity contribution in [2.45, 2.75) is 19.4 Å². The number of piperidine rings is 1. The highest BCUT2D eigenvalue weighted by atomic mass is 19.1. The molecule has 4 rings (SSSR count). The standard InChI is InChI=1S/C21H30FN5/c1-25-7-5-17(6-8-25)15-26-9-11-27(12-10-26)16-19-14-23-24-21(19)18-3-2-4-20(22)13-18/h2-4,13-14,17H,5-12,15-16H2,1H3,(H,23,24). The second kappa shape index (κ2) is 8.50. The minimum absolute atomic E-state index is 0.212. The number of aromatic amines is 1. The van der Waals surface area contributed by atoms with Gasteiger partial charge in [0.2, 0.25) is 0 Å². The van der Waals surface area contributed by atoms with Crippen molar-refractivity contribution in [1.29, 1.82) is 0 Å². The molecule has 0 bridgehead atoms. The third-order valence-corrected chi connectivity index (χ3v) is 6.04. The first-order valence-corrected chi connectivity index (χ1v) is 10.1. The second-order valence-corrected chi connectivity index (χ2v) is 8.10. The summed E-state index contributed by atoms with van der Waals surface area (Å²) >= 11 is 0. The molecule has 2 aliphatic rings. The smallest absolute Gasteiger partial charge is 0.123 e. The molecule has 2 aliphatic heterocycles. The number of nitrogens with one attached hydrogen (secondary N) is 1. The molecule has 27 heavy (non-hydrogen) atoms. The van der Waals surface area contributed by atoms with Crippen LogP contribution >= 0.6 is 0 Å². The molecular formula is C21H30FN5. The fraction of sp³-hybridized carbons (Fsp3) is 0.571. The van der Waals surface area contributed by atoms with Gasteiger partial charge in [0.15, 0.2) is 0 Å². The SMILES string of the molecule is CN1CCC(CN2CCN(Cc3cn[nH]c3-c3cccc(F)c3)CC2)CC1. The molecule has 0 atom stereocenters. The Hall–Kier alpha value is -1.76. The number of benzene rings is 1. The third-order valence-electron chi connectivity index (χ3n) is 6.04. The Morgan fingerprint density at radius 2 is 1.81 bits per heavy atom. The maximum Gasteiger partial charge on any atom is 0.123 e. The number of aromatic nitrogens is 2. The highest BCUT2D eigenvalue weighted by molar-refractivity contribution is 5.62. The quantitative estimate of drug-likeness (QED) is 0.877. The van der Waals surface area contributed by atoms with Gasteiger partial charge in [0.05, 0.1) is 11.9 Å². The molecule has 0 spiro atoms. The van der Waals surface area contributed by atoms with E-state index in [1.54, 1.807) is 12.1 Å². The molecule has 1 aromatic carbocycles. The molecule has 5 nitrogen and oxygen atoms in total. The van der Waals surface area contributed by atoms with Gasteiger partial charge in [-0.15, -0.1) is 0 Å². The Balaban J connectivity index is 1.29. The Morgan fingerprint density at radius 3 is 2.56 bits per heavy atom. The molecule has 2 saturated heterocycles. The average molecular weight is 372 g/mol. The lowest BCUT2D eigenvalue weighted by molar-refractivity contribution is 0.0965. The molecule has 0 unspecified atom stereocenters. The summed E-state index contributed by atoms with van der Waals surface area (Å²) in [5.74, 6) is 0.650. The predicted octanol–water partition coefficient (Wildman–Crippen LogP) is 2.68. The monoisotopic (exact) mass is 371 g/mol. The van der Waals surface area contributed by atoms with E-state index >= 15 is 0 Å². The zero-order chi connectivity index (χ0) is 18.6. The van der Waals surface area contributed by atoms with Gasteiger partial charge in [0.25, 0.3) is 0 Å². The van der Waals surface area contributed by atoms with E-state index in [9.17, 15) is 4.39 Å². The maximum absolute atomic E-state index is 13.6. The molecule has 2 aromatic rings. The van der Waals surface area contributed by atoms with E-state index in [0.29, 0.717) is 0 Å². The van der Waals surface area contributed by atoms with Gasteiger partial charge in [0, 0.05) is 50.4 Å². The Kier molecular flexibility index (Phi) is 5.86. The molecule has 2 fully saturated rings. The molecule has 1 aromatic heterocycles. The lowest BCUT2D eigenvalue weighted by Crippen LogP contribution is -2.48. The number of nitrogens with zero attached hydrogens (tertiary/aromatic N) is 4. The summed E-state index contributed by atoms with van der Waals surface area (Å²) in [7, 11) is 2.23. The van der Waals surface area contributed by atoms with E-state index in [0.717, 1.165) is 55.5 Å². The van der Waals surface area contributed by atoms with Gasteiger partial charge >= 0.3 is 0 Å². The summed E-state index contributed by atoms with van der Waals surface area (Å²) in [6.07, 6.45) is 4.55. The summed E-state index contributed by atoms with van der Waals surface area (Å²) < 4.78 is 13.6. The average Bonchev–Trinajstić information content (AvgIpc) is 3.13. The number of H-pyrrole nitrogens is 1. The van der Waals surface area contributed by atoms with Gasteiger partial charge < -0.3 is 9.80 Å². The normalized spacial score (nSPS) is 21.0. The van der Waals surface area contributed by atoms with Crippen molar-refractivity contribution in [3.05, 3.63) is 41.8 Å². The van der Waals surface area contributed by atoms with E-state index in [2.05, 4.69) is 31.9 Å². The lowest BCUT2D eigenvalue weighted by Gasteiger charge is -2.38. The topological polar surface area (TPSA) is 38.4 Å². The van der Waals surface area contributed by atoms with Gasteiger partial charge in [-0.3, -0.25) is 10.00 Å². The molecule has 146 valence electrons. The number of rotatable bonds is 5. The molecule has 0 saturated carbocycles. The minimum atomic E-state index is -0.212. The number of hydrogen-bond donors (Lipinski definition) is 1. The Bertz CT molecular complexity index is 730. The van der Waals surface area contributed by atoms with Gasteiger partial charge in [0.1, 0.15) is 5.82 Å². The van der Waals surface area contributed by atoms with Crippen molar-refractivity contribution < 1.29 is 4.39 Å². The Morgan fingerprint density at radius 1 is 1.07 bits per heavy atom. The van der Waals surface area contributed by atoms with Crippen LogP contribution in [0.3, 0.4) is 0 Å². The van der Waals surface area contributed by atoms with Crippen LogP contribution in [0.15, 0.2) is 30.5 Å². The van der Waals surface area contributed by atoms with Crippen molar-refractivity contribution >= 4 is 0 Å². The maximum atomic E-state index is 13.6. The Labute approximate surface area is 161 Å². The molecule has 3 heterocycles. The van der Waals surface area contributed by atoms with E-state index in [4.69, 9.17) is 0 Å². The largest absolute Gasteiger partial charge is 0.306 e. The van der Waals surface area contributed by atoms with Crippen LogP contribution in [0.4, 0.5) is 4.39 Å². The second-order valence-electron chi connectivity index (χ2n) is 8.10. The summed E-state index contributed by atoms with van der Waals surface area (Å²) in [5, 5.41) is 7.25. The molecule has 6 heteroatoms. The number of hydrogen-bond acceptors (Lipinski definition) is 4. The van der Waals surface area contributed by atoms with E-state index in [1.807, 2.05) is 12.3 Å². The molecule has 0 radical (unpaired) electrons.